The Kier molecular flexibility index (Phi) is 4.45. The molecule has 0 amide bonds. The van der Waals surface area contributed by atoms with Crippen LogP contribution in [-0.2, 0) is 0 Å². The standard InChI is InChI=1S/C11H12BrF2N3S/c1-7-4-8-10(15-6-16-11(8)18-7)17(3-2-12)5-9(13)14/h4,6,9H,2-3,5H2,1H3. The third-order valence-corrected chi connectivity index (χ3v) is 3.76. The number of hydrogen-bond acceptors (Lipinski definition) is 4. The summed E-state index contributed by atoms with van der Waals surface area (Å²) in [5.41, 5.74) is 0. The van der Waals surface area contributed by atoms with Crippen LogP contribution in [0.15, 0.2) is 12.4 Å². The van der Waals surface area contributed by atoms with E-state index in [1.807, 2.05) is 13.0 Å². The molecule has 2 aromatic heterocycles. The van der Waals surface area contributed by atoms with Crippen LogP contribution in [0.25, 0.3) is 10.2 Å². The minimum Gasteiger partial charge on any atom is -0.349 e. The van der Waals surface area contributed by atoms with Gasteiger partial charge in [-0.25, -0.2) is 18.7 Å². The number of anilines is 1. The second kappa shape index (κ2) is 5.88. The smallest absolute Gasteiger partial charge is 0.255 e. The molecule has 0 aliphatic heterocycles. The molecule has 0 atom stereocenters. The maximum Gasteiger partial charge on any atom is 0.255 e. The minimum absolute atomic E-state index is 0.313. The van der Waals surface area contributed by atoms with Crippen LogP contribution in [0.4, 0.5) is 14.6 Å². The molecular weight excluding hydrogens is 324 g/mol. The monoisotopic (exact) mass is 335 g/mol. The fraction of sp³-hybridized carbons (Fsp3) is 0.455. The molecular formula is C11H12BrF2N3S. The zero-order valence-corrected chi connectivity index (χ0v) is 12.1. The van der Waals surface area contributed by atoms with Crippen molar-refractivity contribution in [3.63, 3.8) is 0 Å². The molecule has 0 radical (unpaired) electrons. The zero-order chi connectivity index (χ0) is 13.1. The lowest BCUT2D eigenvalue weighted by atomic mass is 10.3. The third-order valence-electron chi connectivity index (χ3n) is 2.44. The van der Waals surface area contributed by atoms with Crippen LogP contribution in [0.5, 0.6) is 0 Å². The highest BCUT2D eigenvalue weighted by atomic mass is 79.9. The summed E-state index contributed by atoms with van der Waals surface area (Å²) < 4.78 is 25.2. The highest BCUT2D eigenvalue weighted by Gasteiger charge is 2.17. The first-order valence-electron chi connectivity index (χ1n) is 5.42. The molecule has 0 aliphatic rings. The van der Waals surface area contributed by atoms with Gasteiger partial charge in [0.2, 0.25) is 0 Å². The van der Waals surface area contributed by atoms with Crippen molar-refractivity contribution in [2.75, 3.05) is 23.3 Å². The molecule has 0 aliphatic carbocycles. The average Bonchev–Trinajstić information content (AvgIpc) is 2.67. The summed E-state index contributed by atoms with van der Waals surface area (Å²) in [6.07, 6.45) is -0.950. The lowest BCUT2D eigenvalue weighted by Crippen LogP contribution is -2.31. The molecule has 2 rings (SSSR count). The highest BCUT2D eigenvalue weighted by molar-refractivity contribution is 9.09. The highest BCUT2D eigenvalue weighted by Crippen LogP contribution is 2.29. The molecule has 0 spiro atoms. The first kappa shape index (κ1) is 13.6. The number of alkyl halides is 3. The van der Waals surface area contributed by atoms with Gasteiger partial charge >= 0.3 is 0 Å². The molecule has 0 aromatic carbocycles. The Labute approximate surface area is 116 Å². The lowest BCUT2D eigenvalue weighted by Gasteiger charge is -2.22. The molecule has 3 nitrogen and oxygen atoms in total. The number of fused-ring (bicyclic) bond motifs is 1. The molecule has 2 heterocycles. The Hall–Kier alpha value is -0.820. The second-order valence-corrected chi connectivity index (χ2v) is 5.83. The minimum atomic E-state index is -2.38. The lowest BCUT2D eigenvalue weighted by molar-refractivity contribution is 0.155. The predicted molar refractivity (Wildman–Crippen MR) is 74.2 cm³/mol. The molecule has 18 heavy (non-hydrogen) atoms. The molecule has 0 fully saturated rings. The van der Waals surface area contributed by atoms with Gasteiger partial charge in [0.15, 0.2) is 0 Å². The number of hydrogen-bond donors (Lipinski definition) is 0. The first-order chi connectivity index (χ1) is 8.61. The summed E-state index contributed by atoms with van der Waals surface area (Å²) in [6.45, 7) is 2.15. The van der Waals surface area contributed by atoms with Crippen LogP contribution < -0.4 is 4.90 Å². The normalized spacial score (nSPS) is 11.4. The van der Waals surface area contributed by atoms with Crippen LogP contribution in [0.3, 0.4) is 0 Å². The van der Waals surface area contributed by atoms with E-state index in [1.54, 1.807) is 16.2 Å². The van der Waals surface area contributed by atoms with Gasteiger partial charge in [-0.2, -0.15) is 0 Å². The average molecular weight is 336 g/mol. The largest absolute Gasteiger partial charge is 0.349 e. The molecule has 98 valence electrons. The molecule has 0 unspecified atom stereocenters. The molecule has 0 N–H and O–H groups in total. The number of aryl methyl sites for hydroxylation is 1. The Morgan fingerprint density at radius 2 is 2.22 bits per heavy atom. The molecule has 0 saturated heterocycles. The fourth-order valence-electron chi connectivity index (χ4n) is 1.77. The van der Waals surface area contributed by atoms with Crippen molar-refractivity contribution in [1.82, 2.24) is 9.97 Å². The van der Waals surface area contributed by atoms with Gasteiger partial charge in [0, 0.05) is 16.8 Å². The fourth-order valence-corrected chi connectivity index (χ4v) is 3.04. The van der Waals surface area contributed by atoms with E-state index >= 15 is 0 Å². The zero-order valence-electron chi connectivity index (χ0n) is 9.74. The van der Waals surface area contributed by atoms with Crippen molar-refractivity contribution in [1.29, 1.82) is 0 Å². The summed E-state index contributed by atoms with van der Waals surface area (Å²) in [5.74, 6) is 0.587. The van der Waals surface area contributed by atoms with Crippen LogP contribution >= 0.6 is 27.3 Å². The van der Waals surface area contributed by atoms with Gasteiger partial charge in [-0.15, -0.1) is 11.3 Å². The number of aromatic nitrogens is 2. The SMILES string of the molecule is Cc1cc2c(N(CCBr)CC(F)F)ncnc2s1. The molecule has 0 bridgehead atoms. The van der Waals surface area contributed by atoms with E-state index in [9.17, 15) is 8.78 Å². The van der Waals surface area contributed by atoms with Crippen molar-refractivity contribution in [2.45, 2.75) is 13.3 Å². The summed E-state index contributed by atoms with van der Waals surface area (Å²) in [7, 11) is 0. The van der Waals surface area contributed by atoms with Gasteiger partial charge in [0.05, 0.1) is 11.9 Å². The number of thiophene rings is 1. The predicted octanol–water partition coefficient (Wildman–Crippen LogP) is 3.47. The van der Waals surface area contributed by atoms with Crippen molar-refractivity contribution in [3.8, 4) is 0 Å². The van der Waals surface area contributed by atoms with Gasteiger partial charge in [-0.05, 0) is 13.0 Å². The van der Waals surface area contributed by atoms with E-state index in [-0.39, 0.29) is 6.54 Å². The molecule has 7 heteroatoms. The Morgan fingerprint density at radius 1 is 1.44 bits per heavy atom. The third kappa shape index (κ3) is 2.95. The van der Waals surface area contributed by atoms with Gasteiger partial charge in [-0.1, -0.05) is 15.9 Å². The van der Waals surface area contributed by atoms with E-state index in [4.69, 9.17) is 0 Å². The second-order valence-electron chi connectivity index (χ2n) is 3.80. The summed E-state index contributed by atoms with van der Waals surface area (Å²) >= 11 is 4.82. The summed E-state index contributed by atoms with van der Waals surface area (Å²) in [6, 6.07) is 1.95. The Balaban J connectivity index is 2.42. The topological polar surface area (TPSA) is 29.0 Å². The Morgan fingerprint density at radius 3 is 2.89 bits per heavy atom. The maximum atomic E-state index is 12.6. The van der Waals surface area contributed by atoms with Crippen molar-refractivity contribution in [3.05, 3.63) is 17.3 Å². The number of nitrogens with zero attached hydrogens (tertiary/aromatic N) is 3. The van der Waals surface area contributed by atoms with Crippen LogP contribution in [0, 0.1) is 6.92 Å². The van der Waals surface area contributed by atoms with Crippen LogP contribution in [0.1, 0.15) is 4.88 Å². The van der Waals surface area contributed by atoms with E-state index < -0.39 is 6.43 Å². The van der Waals surface area contributed by atoms with Gasteiger partial charge < -0.3 is 4.90 Å². The molecule has 0 saturated carbocycles. The van der Waals surface area contributed by atoms with E-state index in [0.29, 0.717) is 17.7 Å². The summed E-state index contributed by atoms with van der Waals surface area (Å²) in [4.78, 5) is 11.9. The molecule has 2 aromatic rings. The quantitative estimate of drug-likeness (QED) is 0.783. The Bertz CT molecular complexity index is 532. The van der Waals surface area contributed by atoms with Gasteiger partial charge in [-0.3, -0.25) is 0 Å². The number of rotatable bonds is 5. The van der Waals surface area contributed by atoms with Crippen molar-refractivity contribution in [2.24, 2.45) is 0 Å². The van der Waals surface area contributed by atoms with Gasteiger partial charge in [0.25, 0.3) is 6.43 Å². The first-order valence-corrected chi connectivity index (χ1v) is 7.36. The van der Waals surface area contributed by atoms with Gasteiger partial charge in [0.1, 0.15) is 17.0 Å². The van der Waals surface area contributed by atoms with Crippen LogP contribution in [0.2, 0.25) is 0 Å². The number of halogens is 3. The van der Waals surface area contributed by atoms with Crippen molar-refractivity contribution >= 4 is 43.3 Å². The van der Waals surface area contributed by atoms with E-state index in [2.05, 4.69) is 25.9 Å². The van der Waals surface area contributed by atoms with E-state index in [1.165, 1.54) is 6.33 Å². The van der Waals surface area contributed by atoms with Crippen molar-refractivity contribution < 1.29 is 8.78 Å². The van der Waals surface area contributed by atoms with Crippen LogP contribution in [-0.4, -0.2) is 34.8 Å². The summed E-state index contributed by atoms with van der Waals surface area (Å²) in [5, 5.41) is 1.47. The maximum absolute atomic E-state index is 12.6. The van der Waals surface area contributed by atoms with E-state index in [0.717, 1.165) is 15.1 Å².